The van der Waals surface area contributed by atoms with Gasteiger partial charge in [0.15, 0.2) is 0 Å². The van der Waals surface area contributed by atoms with Gasteiger partial charge in [-0.05, 0) is 44.4 Å². The highest BCUT2D eigenvalue weighted by Gasteiger charge is 2.31. The van der Waals surface area contributed by atoms with Gasteiger partial charge in [0.2, 0.25) is 0 Å². The van der Waals surface area contributed by atoms with E-state index in [1.165, 1.54) is 51.4 Å². The largest absolute Gasteiger partial charge is 0.381 e. The van der Waals surface area contributed by atoms with Gasteiger partial charge >= 0.3 is 0 Å². The second kappa shape index (κ2) is 6.02. The van der Waals surface area contributed by atoms with E-state index in [2.05, 4.69) is 12.2 Å². The van der Waals surface area contributed by atoms with Gasteiger partial charge in [0.1, 0.15) is 0 Å². The van der Waals surface area contributed by atoms with Crippen molar-refractivity contribution in [3.05, 3.63) is 0 Å². The van der Waals surface area contributed by atoms with Crippen molar-refractivity contribution in [1.29, 1.82) is 0 Å². The first-order valence-electron chi connectivity index (χ1n) is 7.10. The smallest absolute Gasteiger partial charge is 0.0601 e. The van der Waals surface area contributed by atoms with Crippen molar-refractivity contribution in [1.82, 2.24) is 5.32 Å². The zero-order valence-corrected chi connectivity index (χ0v) is 10.9. The third kappa shape index (κ3) is 3.21. The topological polar surface area (TPSA) is 21.3 Å². The van der Waals surface area contributed by atoms with Crippen LogP contribution in [-0.4, -0.2) is 25.3 Å². The molecule has 2 nitrogen and oxygen atoms in total. The van der Waals surface area contributed by atoms with Crippen molar-refractivity contribution in [2.75, 3.05) is 7.11 Å². The fraction of sp³-hybridized carbons (Fsp3) is 1.00. The molecule has 2 fully saturated rings. The molecule has 0 atom stereocenters. The molecule has 0 spiro atoms. The van der Waals surface area contributed by atoms with Gasteiger partial charge in [-0.15, -0.1) is 0 Å². The lowest BCUT2D eigenvalue weighted by Gasteiger charge is -2.39. The SMILES string of the molecule is CCCC1CCC(NC2CC(OC)C2)CC1. The molecule has 94 valence electrons. The minimum atomic E-state index is 0.536. The molecule has 0 radical (unpaired) electrons. The molecule has 16 heavy (non-hydrogen) atoms. The summed E-state index contributed by atoms with van der Waals surface area (Å²) in [6.45, 7) is 2.31. The number of rotatable bonds is 5. The maximum absolute atomic E-state index is 5.31. The van der Waals surface area contributed by atoms with Gasteiger partial charge in [-0.25, -0.2) is 0 Å². The fourth-order valence-corrected chi connectivity index (χ4v) is 3.25. The van der Waals surface area contributed by atoms with Crippen LogP contribution in [0.4, 0.5) is 0 Å². The quantitative estimate of drug-likeness (QED) is 0.776. The molecular weight excluding hydrogens is 198 g/mol. The van der Waals surface area contributed by atoms with E-state index in [0.717, 1.165) is 18.0 Å². The summed E-state index contributed by atoms with van der Waals surface area (Å²) in [5.74, 6) is 1.02. The first-order chi connectivity index (χ1) is 7.81. The summed E-state index contributed by atoms with van der Waals surface area (Å²) < 4.78 is 5.31. The highest BCUT2D eigenvalue weighted by molar-refractivity contribution is 4.89. The molecule has 2 rings (SSSR count). The highest BCUT2D eigenvalue weighted by atomic mass is 16.5. The third-order valence-corrected chi connectivity index (χ3v) is 4.44. The van der Waals surface area contributed by atoms with Gasteiger partial charge in [-0.2, -0.15) is 0 Å². The van der Waals surface area contributed by atoms with E-state index in [1.807, 2.05) is 7.11 Å². The fourth-order valence-electron chi connectivity index (χ4n) is 3.25. The molecule has 0 unspecified atom stereocenters. The van der Waals surface area contributed by atoms with Crippen LogP contribution >= 0.6 is 0 Å². The number of methoxy groups -OCH3 is 1. The molecule has 2 aliphatic carbocycles. The molecule has 0 bridgehead atoms. The molecule has 2 heteroatoms. The normalized spacial score (nSPS) is 39.4. The molecule has 0 saturated heterocycles. The van der Waals surface area contributed by atoms with Crippen LogP contribution in [0.25, 0.3) is 0 Å². The van der Waals surface area contributed by atoms with E-state index in [-0.39, 0.29) is 0 Å². The molecule has 0 aromatic rings. The zero-order chi connectivity index (χ0) is 11.4. The summed E-state index contributed by atoms with van der Waals surface area (Å²) in [4.78, 5) is 0. The van der Waals surface area contributed by atoms with Crippen molar-refractivity contribution in [3.63, 3.8) is 0 Å². The summed E-state index contributed by atoms with van der Waals surface area (Å²) in [6, 6.07) is 1.55. The lowest BCUT2D eigenvalue weighted by Crippen LogP contribution is -2.49. The number of hydrogen-bond donors (Lipinski definition) is 1. The van der Waals surface area contributed by atoms with Crippen molar-refractivity contribution in [3.8, 4) is 0 Å². The summed E-state index contributed by atoms with van der Waals surface area (Å²) in [6.07, 6.45) is 11.5. The summed E-state index contributed by atoms with van der Waals surface area (Å²) in [5.41, 5.74) is 0. The summed E-state index contributed by atoms with van der Waals surface area (Å²) in [5, 5.41) is 3.80. The maximum Gasteiger partial charge on any atom is 0.0601 e. The Balaban J connectivity index is 1.59. The van der Waals surface area contributed by atoms with Gasteiger partial charge in [0.25, 0.3) is 0 Å². The molecule has 0 amide bonds. The Hall–Kier alpha value is -0.0800. The highest BCUT2D eigenvalue weighted by Crippen LogP contribution is 2.30. The Morgan fingerprint density at radius 3 is 2.31 bits per heavy atom. The van der Waals surface area contributed by atoms with Gasteiger partial charge in [-0.3, -0.25) is 0 Å². The van der Waals surface area contributed by atoms with E-state index >= 15 is 0 Å². The van der Waals surface area contributed by atoms with Gasteiger partial charge < -0.3 is 10.1 Å². The lowest BCUT2D eigenvalue weighted by molar-refractivity contribution is 0.0121. The van der Waals surface area contributed by atoms with Crippen LogP contribution in [0.2, 0.25) is 0 Å². The van der Waals surface area contributed by atoms with Crippen LogP contribution in [0.15, 0.2) is 0 Å². The molecule has 0 aromatic heterocycles. The Kier molecular flexibility index (Phi) is 4.66. The minimum absolute atomic E-state index is 0.536. The molecule has 0 aromatic carbocycles. The predicted molar refractivity (Wildman–Crippen MR) is 67.6 cm³/mol. The van der Waals surface area contributed by atoms with E-state index in [4.69, 9.17) is 4.74 Å². The number of hydrogen-bond acceptors (Lipinski definition) is 2. The Labute approximate surface area is 100 Å². The van der Waals surface area contributed by atoms with Crippen LogP contribution < -0.4 is 5.32 Å². The maximum atomic E-state index is 5.31. The Bertz CT molecular complexity index is 193. The van der Waals surface area contributed by atoms with Gasteiger partial charge in [-0.1, -0.05) is 19.8 Å². The molecule has 2 aliphatic rings. The van der Waals surface area contributed by atoms with Crippen LogP contribution in [0.3, 0.4) is 0 Å². The first-order valence-corrected chi connectivity index (χ1v) is 7.10. The molecular formula is C14H27NO. The number of ether oxygens (including phenoxy) is 1. The van der Waals surface area contributed by atoms with Crippen LogP contribution in [0.1, 0.15) is 58.3 Å². The van der Waals surface area contributed by atoms with E-state index in [0.29, 0.717) is 6.10 Å². The van der Waals surface area contributed by atoms with Crippen molar-refractivity contribution >= 4 is 0 Å². The van der Waals surface area contributed by atoms with Crippen molar-refractivity contribution < 1.29 is 4.74 Å². The van der Waals surface area contributed by atoms with Crippen molar-refractivity contribution in [2.24, 2.45) is 5.92 Å². The summed E-state index contributed by atoms with van der Waals surface area (Å²) in [7, 11) is 1.83. The monoisotopic (exact) mass is 225 g/mol. The van der Waals surface area contributed by atoms with E-state index in [1.54, 1.807) is 0 Å². The van der Waals surface area contributed by atoms with E-state index < -0.39 is 0 Å². The predicted octanol–water partition coefficient (Wildman–Crippen LogP) is 3.11. The average molecular weight is 225 g/mol. The standard InChI is InChI=1S/C14H27NO/c1-3-4-11-5-7-12(8-6-11)15-13-9-14(10-13)16-2/h11-15H,3-10H2,1-2H3. The van der Waals surface area contributed by atoms with Gasteiger partial charge in [0, 0.05) is 19.2 Å². The van der Waals surface area contributed by atoms with Crippen LogP contribution in [0, 0.1) is 5.92 Å². The zero-order valence-electron chi connectivity index (χ0n) is 10.9. The molecule has 2 saturated carbocycles. The molecule has 0 heterocycles. The average Bonchev–Trinajstić information content (AvgIpc) is 2.25. The Morgan fingerprint density at radius 1 is 1.06 bits per heavy atom. The van der Waals surface area contributed by atoms with Gasteiger partial charge in [0.05, 0.1) is 6.10 Å². The third-order valence-electron chi connectivity index (χ3n) is 4.44. The first kappa shape index (κ1) is 12.4. The number of nitrogens with one attached hydrogen (secondary N) is 1. The van der Waals surface area contributed by atoms with E-state index in [9.17, 15) is 0 Å². The molecule has 0 aliphatic heterocycles. The van der Waals surface area contributed by atoms with Crippen molar-refractivity contribution in [2.45, 2.75) is 76.5 Å². The Morgan fingerprint density at radius 2 is 1.75 bits per heavy atom. The summed E-state index contributed by atoms with van der Waals surface area (Å²) >= 11 is 0. The lowest BCUT2D eigenvalue weighted by atomic mass is 9.81. The van der Waals surface area contributed by atoms with Crippen LogP contribution in [-0.2, 0) is 4.74 Å². The second-order valence-corrected chi connectivity index (χ2v) is 5.70. The second-order valence-electron chi connectivity index (χ2n) is 5.70. The minimum Gasteiger partial charge on any atom is -0.381 e. The molecule has 1 N–H and O–H groups in total. The van der Waals surface area contributed by atoms with Crippen LogP contribution in [0.5, 0.6) is 0 Å².